The molecule has 0 aromatic heterocycles. The van der Waals surface area contributed by atoms with Gasteiger partial charge in [0.25, 0.3) is 0 Å². The number of alkyl halides is 1. The molecule has 128 valence electrons. The number of hydrogen-bond acceptors (Lipinski definition) is 6. The summed E-state index contributed by atoms with van der Waals surface area (Å²) in [4.78, 5) is 13.9. The fourth-order valence-electron chi connectivity index (χ4n) is 2.42. The average Bonchev–Trinajstić information content (AvgIpc) is 2.59. The minimum absolute atomic E-state index is 0.124. The van der Waals surface area contributed by atoms with Crippen molar-refractivity contribution in [2.45, 2.75) is 4.90 Å². The molecular weight excluding hydrogens is 335 g/mol. The van der Waals surface area contributed by atoms with E-state index in [0.717, 1.165) is 0 Å². The topological polar surface area (TPSA) is 82.0 Å². The number of ether oxygens (including phenoxy) is 1. The Morgan fingerprint density at radius 3 is 2.71 bits per heavy atom. The van der Waals surface area contributed by atoms with Crippen molar-refractivity contribution in [2.24, 2.45) is 0 Å². The van der Waals surface area contributed by atoms with E-state index in [1.54, 1.807) is 47.4 Å². The Hall–Kier alpha value is -2.13. The third kappa shape index (κ3) is 3.36. The molecule has 6 nitrogen and oxygen atoms in total. The molecule has 0 saturated heterocycles. The van der Waals surface area contributed by atoms with Gasteiger partial charge < -0.3 is 9.64 Å². The van der Waals surface area contributed by atoms with E-state index in [9.17, 15) is 18.3 Å². The summed E-state index contributed by atoms with van der Waals surface area (Å²) in [6, 6.07) is 13.0. The number of hydrogen-bond donors (Lipinski definition) is 3. The van der Waals surface area contributed by atoms with Crippen LogP contribution in [0.25, 0.3) is 0 Å². The second kappa shape index (κ2) is 6.78. The number of halogens is 1. The highest BCUT2D eigenvalue weighted by molar-refractivity contribution is 8.22. The van der Waals surface area contributed by atoms with E-state index in [4.69, 9.17) is 4.74 Å². The smallest absolute Gasteiger partial charge is 0.343 e. The summed E-state index contributed by atoms with van der Waals surface area (Å²) >= 11 is 0. The molecule has 0 radical (unpaired) electrons. The fourth-order valence-corrected chi connectivity index (χ4v) is 3.68. The Labute approximate surface area is 140 Å². The van der Waals surface area contributed by atoms with E-state index in [-0.39, 0.29) is 23.9 Å². The normalized spacial score (nSPS) is 17.0. The molecule has 2 aromatic carbocycles. The highest BCUT2D eigenvalue weighted by atomic mass is 32.3. The Kier molecular flexibility index (Phi) is 4.72. The van der Waals surface area contributed by atoms with Crippen molar-refractivity contribution in [3.8, 4) is 5.75 Å². The molecule has 3 N–H and O–H groups in total. The van der Waals surface area contributed by atoms with Crippen molar-refractivity contribution in [2.75, 3.05) is 24.8 Å². The third-order valence-corrected chi connectivity index (χ3v) is 5.08. The first-order valence-corrected chi connectivity index (χ1v) is 8.81. The van der Waals surface area contributed by atoms with Gasteiger partial charge in [0.1, 0.15) is 17.3 Å². The summed E-state index contributed by atoms with van der Waals surface area (Å²) in [5.41, 5.74) is 0.893. The Morgan fingerprint density at radius 2 is 2.00 bits per heavy atom. The van der Waals surface area contributed by atoms with Crippen molar-refractivity contribution in [3.05, 3.63) is 54.1 Å². The highest BCUT2D eigenvalue weighted by Gasteiger charge is 2.29. The maximum atomic E-state index is 12.6. The predicted molar refractivity (Wildman–Crippen MR) is 90.3 cm³/mol. The van der Waals surface area contributed by atoms with Crippen molar-refractivity contribution in [1.82, 2.24) is 4.72 Å². The summed E-state index contributed by atoms with van der Waals surface area (Å²) in [6.45, 7) is -0.313. The Bertz CT molecular complexity index is 742. The zero-order chi connectivity index (χ0) is 17.2. The highest BCUT2D eigenvalue weighted by Crippen LogP contribution is 2.52. The third-order valence-electron chi connectivity index (χ3n) is 3.61. The second-order valence-electron chi connectivity index (χ2n) is 5.19. The quantitative estimate of drug-likeness (QED) is 0.579. The van der Waals surface area contributed by atoms with Crippen LogP contribution in [-0.4, -0.2) is 35.0 Å². The molecule has 0 amide bonds. The van der Waals surface area contributed by atoms with Crippen LogP contribution in [0, 0.1) is 0 Å². The van der Waals surface area contributed by atoms with Gasteiger partial charge in [-0.2, -0.15) is 4.72 Å². The molecule has 0 fully saturated rings. The summed E-state index contributed by atoms with van der Waals surface area (Å²) in [6.07, 6.45) is 0. The van der Waals surface area contributed by atoms with Gasteiger partial charge in [-0.3, -0.25) is 9.11 Å². The zero-order valence-corrected chi connectivity index (χ0v) is 13.5. The molecule has 0 unspecified atom stereocenters. The lowest BCUT2D eigenvalue weighted by Gasteiger charge is -2.43. The van der Waals surface area contributed by atoms with Gasteiger partial charge >= 0.3 is 5.97 Å². The van der Waals surface area contributed by atoms with Crippen molar-refractivity contribution >= 4 is 22.4 Å². The lowest BCUT2D eigenvalue weighted by Crippen LogP contribution is -2.41. The molecule has 2 aromatic rings. The molecule has 0 bridgehead atoms. The fraction of sp³-hybridized carbons (Fsp3) is 0.188. The second-order valence-corrected chi connectivity index (χ2v) is 7.02. The number of carbonyl (C=O) groups excluding carboxylic acids is 1. The van der Waals surface area contributed by atoms with Gasteiger partial charge in [-0.1, -0.05) is 18.2 Å². The average molecular weight is 352 g/mol. The minimum Gasteiger partial charge on any atom is -0.423 e. The monoisotopic (exact) mass is 352 g/mol. The molecule has 0 saturated carbocycles. The van der Waals surface area contributed by atoms with Crippen LogP contribution in [0.4, 0.5) is 10.1 Å². The number of carbonyl (C=O) groups is 1. The molecule has 1 aliphatic rings. The standard InChI is InChI=1S/C16H17FN2O4S/c17-8-9-19-11-18-24(21,22)15-10-13(6-7-14(15)19)23-16(20)12-4-2-1-3-5-12/h1-7,10,18,21-22H,8-9,11H2. The van der Waals surface area contributed by atoms with Gasteiger partial charge in [-0.05, 0) is 24.3 Å². The number of nitrogens with zero attached hydrogens (tertiary/aromatic N) is 1. The first kappa shape index (κ1) is 16.7. The van der Waals surface area contributed by atoms with E-state index in [1.807, 2.05) is 0 Å². The molecule has 1 aliphatic heterocycles. The number of fused-ring (bicyclic) bond motifs is 1. The van der Waals surface area contributed by atoms with Crippen LogP contribution in [0.5, 0.6) is 5.75 Å². The van der Waals surface area contributed by atoms with E-state index in [1.165, 1.54) is 6.07 Å². The van der Waals surface area contributed by atoms with Gasteiger partial charge in [-0.25, -0.2) is 9.18 Å². The SMILES string of the molecule is O=C(Oc1ccc2c(c1)S(O)(O)NCN2CCF)c1ccccc1. The van der Waals surface area contributed by atoms with Crippen LogP contribution in [0.2, 0.25) is 0 Å². The molecule has 0 atom stereocenters. The molecule has 1 heterocycles. The molecule has 3 rings (SSSR count). The van der Waals surface area contributed by atoms with E-state index >= 15 is 0 Å². The number of anilines is 1. The molecule has 0 spiro atoms. The van der Waals surface area contributed by atoms with E-state index in [0.29, 0.717) is 11.3 Å². The maximum Gasteiger partial charge on any atom is 0.343 e. The summed E-state index contributed by atoms with van der Waals surface area (Å²) in [7, 11) is -3.22. The van der Waals surface area contributed by atoms with Crippen LogP contribution < -0.4 is 14.4 Å². The van der Waals surface area contributed by atoms with Gasteiger partial charge in [0.2, 0.25) is 0 Å². The first-order valence-electron chi connectivity index (χ1n) is 7.26. The lowest BCUT2D eigenvalue weighted by molar-refractivity contribution is 0.0734. The lowest BCUT2D eigenvalue weighted by atomic mass is 10.2. The van der Waals surface area contributed by atoms with E-state index < -0.39 is 23.4 Å². The van der Waals surface area contributed by atoms with Crippen LogP contribution in [-0.2, 0) is 0 Å². The van der Waals surface area contributed by atoms with Gasteiger partial charge in [0.05, 0.1) is 17.9 Å². The van der Waals surface area contributed by atoms with Crippen LogP contribution in [0.3, 0.4) is 0 Å². The first-order chi connectivity index (χ1) is 11.5. The molecule has 8 heteroatoms. The number of rotatable bonds is 4. The Morgan fingerprint density at radius 1 is 1.25 bits per heavy atom. The van der Waals surface area contributed by atoms with Gasteiger partial charge in [0, 0.05) is 12.6 Å². The maximum absolute atomic E-state index is 12.6. The van der Waals surface area contributed by atoms with Crippen LogP contribution in [0.15, 0.2) is 53.4 Å². The van der Waals surface area contributed by atoms with Gasteiger partial charge in [0.15, 0.2) is 0 Å². The molecular formula is C16H17FN2O4S. The van der Waals surface area contributed by atoms with Crippen molar-refractivity contribution in [1.29, 1.82) is 0 Å². The van der Waals surface area contributed by atoms with Gasteiger partial charge in [-0.15, -0.1) is 10.8 Å². The summed E-state index contributed by atoms with van der Waals surface area (Å²) < 4.78 is 40.8. The van der Waals surface area contributed by atoms with Crippen LogP contribution in [0.1, 0.15) is 10.4 Å². The zero-order valence-electron chi connectivity index (χ0n) is 12.7. The minimum atomic E-state index is -3.22. The molecule has 0 aliphatic carbocycles. The summed E-state index contributed by atoms with van der Waals surface area (Å²) in [5, 5.41) is 0. The number of esters is 1. The van der Waals surface area contributed by atoms with Crippen molar-refractivity contribution < 1.29 is 23.0 Å². The largest absolute Gasteiger partial charge is 0.423 e. The summed E-state index contributed by atoms with van der Waals surface area (Å²) in [5.74, 6) is -0.358. The predicted octanol–water partition coefficient (Wildman–Crippen LogP) is 3.27. The Balaban J connectivity index is 1.88. The number of benzene rings is 2. The van der Waals surface area contributed by atoms with Crippen molar-refractivity contribution in [3.63, 3.8) is 0 Å². The van der Waals surface area contributed by atoms with E-state index in [2.05, 4.69) is 4.72 Å². The van der Waals surface area contributed by atoms with Crippen LogP contribution >= 0.6 is 10.8 Å². The molecule has 24 heavy (non-hydrogen) atoms. The number of nitrogens with one attached hydrogen (secondary N) is 1.